The number of nitrogens with zero attached hydrogens (tertiary/aromatic N) is 2. The zero-order valence-electron chi connectivity index (χ0n) is 11.0. The fourth-order valence-corrected chi connectivity index (χ4v) is 2.72. The van der Waals surface area contributed by atoms with Gasteiger partial charge in [-0.05, 0) is 42.5 Å². The van der Waals surface area contributed by atoms with E-state index in [0.717, 1.165) is 17.3 Å². The first-order chi connectivity index (χ1) is 9.20. The Hall–Kier alpha value is -1.32. The van der Waals surface area contributed by atoms with E-state index in [1.807, 2.05) is 30.1 Å². The van der Waals surface area contributed by atoms with E-state index in [1.165, 1.54) is 18.4 Å². The minimum Gasteiger partial charge on any atom is -0.308 e. The van der Waals surface area contributed by atoms with Gasteiger partial charge in [-0.2, -0.15) is 5.10 Å². The van der Waals surface area contributed by atoms with Crippen molar-refractivity contribution in [2.75, 3.05) is 0 Å². The number of hydrogen-bond donors (Lipinski definition) is 1. The summed E-state index contributed by atoms with van der Waals surface area (Å²) in [5, 5.41) is 8.74. The topological polar surface area (TPSA) is 29.9 Å². The highest BCUT2D eigenvalue weighted by Crippen LogP contribution is 2.37. The second-order valence-electron chi connectivity index (χ2n) is 5.28. The third kappa shape index (κ3) is 2.99. The van der Waals surface area contributed by atoms with Crippen molar-refractivity contribution in [1.29, 1.82) is 0 Å². The Labute approximate surface area is 118 Å². The SMILES string of the molecule is Cn1ccc(CNC2CC(c3ccc(Cl)cc3)C2)n1. The van der Waals surface area contributed by atoms with E-state index in [-0.39, 0.29) is 0 Å². The minimum atomic E-state index is 0.614. The smallest absolute Gasteiger partial charge is 0.0762 e. The fraction of sp³-hybridized carbons (Fsp3) is 0.400. The Balaban J connectivity index is 1.46. The van der Waals surface area contributed by atoms with Crippen molar-refractivity contribution in [3.8, 4) is 0 Å². The standard InChI is InChI=1S/C15H18ClN3/c1-19-7-6-14(18-19)10-17-15-8-12(9-15)11-2-4-13(16)5-3-11/h2-7,12,15,17H,8-10H2,1H3. The van der Waals surface area contributed by atoms with Gasteiger partial charge in [0.2, 0.25) is 0 Å². The predicted molar refractivity (Wildman–Crippen MR) is 77.3 cm³/mol. The molecule has 1 aliphatic carbocycles. The lowest BCUT2D eigenvalue weighted by Gasteiger charge is -2.36. The third-order valence-electron chi connectivity index (χ3n) is 3.82. The van der Waals surface area contributed by atoms with E-state index in [9.17, 15) is 0 Å². The highest BCUT2D eigenvalue weighted by Gasteiger charge is 2.29. The van der Waals surface area contributed by atoms with Gasteiger partial charge in [0.15, 0.2) is 0 Å². The van der Waals surface area contributed by atoms with Crippen LogP contribution in [0.15, 0.2) is 36.5 Å². The summed E-state index contributed by atoms with van der Waals surface area (Å²) in [6.07, 6.45) is 4.39. The highest BCUT2D eigenvalue weighted by molar-refractivity contribution is 6.30. The number of benzene rings is 1. The predicted octanol–water partition coefficient (Wildman–Crippen LogP) is 3.11. The number of aryl methyl sites for hydroxylation is 1. The Morgan fingerprint density at radius 1 is 1.26 bits per heavy atom. The summed E-state index contributed by atoms with van der Waals surface area (Å²) in [6.45, 7) is 0.860. The van der Waals surface area contributed by atoms with Gasteiger partial charge >= 0.3 is 0 Å². The lowest BCUT2D eigenvalue weighted by molar-refractivity contribution is 0.288. The van der Waals surface area contributed by atoms with E-state index in [1.54, 1.807) is 0 Å². The average molecular weight is 276 g/mol. The van der Waals surface area contributed by atoms with Gasteiger partial charge in [-0.25, -0.2) is 0 Å². The monoisotopic (exact) mass is 275 g/mol. The van der Waals surface area contributed by atoms with Crippen molar-refractivity contribution in [3.05, 3.63) is 52.8 Å². The maximum atomic E-state index is 5.90. The number of halogens is 1. The quantitative estimate of drug-likeness (QED) is 0.929. The molecule has 19 heavy (non-hydrogen) atoms. The summed E-state index contributed by atoms with van der Waals surface area (Å²) in [6, 6.07) is 10.9. The first-order valence-corrected chi connectivity index (χ1v) is 7.06. The molecule has 0 saturated heterocycles. The van der Waals surface area contributed by atoms with Gasteiger partial charge < -0.3 is 5.32 Å². The van der Waals surface area contributed by atoms with Crippen LogP contribution < -0.4 is 5.32 Å². The van der Waals surface area contributed by atoms with Crippen molar-refractivity contribution in [2.45, 2.75) is 31.3 Å². The Morgan fingerprint density at radius 3 is 2.63 bits per heavy atom. The van der Waals surface area contributed by atoms with Crippen molar-refractivity contribution in [1.82, 2.24) is 15.1 Å². The zero-order chi connectivity index (χ0) is 13.2. The molecule has 3 nitrogen and oxygen atoms in total. The van der Waals surface area contributed by atoms with Gasteiger partial charge in [-0.3, -0.25) is 4.68 Å². The van der Waals surface area contributed by atoms with Gasteiger partial charge in [-0.15, -0.1) is 0 Å². The van der Waals surface area contributed by atoms with Gasteiger partial charge in [0, 0.05) is 30.9 Å². The summed E-state index contributed by atoms with van der Waals surface area (Å²) < 4.78 is 1.84. The Bertz CT molecular complexity index is 541. The summed E-state index contributed by atoms with van der Waals surface area (Å²) >= 11 is 5.90. The lowest BCUT2D eigenvalue weighted by Crippen LogP contribution is -2.39. The van der Waals surface area contributed by atoms with Crippen molar-refractivity contribution in [2.24, 2.45) is 7.05 Å². The van der Waals surface area contributed by atoms with E-state index in [4.69, 9.17) is 11.6 Å². The van der Waals surface area contributed by atoms with Crippen molar-refractivity contribution in [3.63, 3.8) is 0 Å². The molecule has 0 unspecified atom stereocenters. The number of aromatic nitrogens is 2. The van der Waals surface area contributed by atoms with Crippen LogP contribution in [0, 0.1) is 0 Å². The average Bonchev–Trinajstić information content (AvgIpc) is 2.75. The molecule has 1 aliphatic rings. The first kappa shape index (κ1) is 12.7. The number of nitrogens with one attached hydrogen (secondary N) is 1. The van der Waals surface area contributed by atoms with E-state index in [0.29, 0.717) is 12.0 Å². The van der Waals surface area contributed by atoms with Crippen LogP contribution in [0.2, 0.25) is 5.02 Å². The van der Waals surface area contributed by atoms with Crippen LogP contribution in [-0.2, 0) is 13.6 Å². The molecule has 0 atom stereocenters. The second kappa shape index (κ2) is 5.35. The Morgan fingerprint density at radius 2 is 2.00 bits per heavy atom. The van der Waals surface area contributed by atoms with Crippen LogP contribution in [0.5, 0.6) is 0 Å². The maximum Gasteiger partial charge on any atom is 0.0762 e. The molecule has 1 N–H and O–H groups in total. The molecule has 1 heterocycles. The molecular weight excluding hydrogens is 258 g/mol. The molecule has 0 aliphatic heterocycles. The summed E-state index contributed by atoms with van der Waals surface area (Å²) in [5.41, 5.74) is 2.51. The molecule has 3 rings (SSSR count). The third-order valence-corrected chi connectivity index (χ3v) is 4.07. The molecule has 0 spiro atoms. The lowest BCUT2D eigenvalue weighted by atomic mass is 9.76. The Kier molecular flexibility index (Phi) is 3.58. The molecule has 1 aromatic heterocycles. The molecule has 0 bridgehead atoms. The molecular formula is C15H18ClN3. The number of hydrogen-bond acceptors (Lipinski definition) is 2. The molecule has 1 saturated carbocycles. The number of rotatable bonds is 4. The van der Waals surface area contributed by atoms with Crippen molar-refractivity contribution < 1.29 is 0 Å². The van der Waals surface area contributed by atoms with Gasteiger partial charge in [-0.1, -0.05) is 23.7 Å². The summed E-state index contributed by atoms with van der Waals surface area (Å²) in [5.74, 6) is 0.679. The fourth-order valence-electron chi connectivity index (χ4n) is 2.60. The summed E-state index contributed by atoms with van der Waals surface area (Å²) in [7, 11) is 1.95. The molecule has 0 radical (unpaired) electrons. The van der Waals surface area contributed by atoms with Crippen LogP contribution in [-0.4, -0.2) is 15.8 Å². The molecule has 1 aromatic carbocycles. The molecule has 2 aromatic rings. The van der Waals surface area contributed by atoms with Crippen LogP contribution in [0.4, 0.5) is 0 Å². The van der Waals surface area contributed by atoms with Crippen molar-refractivity contribution >= 4 is 11.6 Å². The van der Waals surface area contributed by atoms with Crippen LogP contribution in [0.1, 0.15) is 30.0 Å². The summed E-state index contributed by atoms with van der Waals surface area (Å²) in [4.78, 5) is 0. The maximum absolute atomic E-state index is 5.90. The van der Waals surface area contributed by atoms with Crippen LogP contribution >= 0.6 is 11.6 Å². The normalized spacial score (nSPS) is 22.2. The van der Waals surface area contributed by atoms with E-state index in [2.05, 4.69) is 28.6 Å². The molecule has 1 fully saturated rings. The van der Waals surface area contributed by atoms with E-state index < -0.39 is 0 Å². The minimum absolute atomic E-state index is 0.614. The molecule has 0 amide bonds. The largest absolute Gasteiger partial charge is 0.308 e. The highest BCUT2D eigenvalue weighted by atomic mass is 35.5. The molecule has 4 heteroatoms. The van der Waals surface area contributed by atoms with Crippen LogP contribution in [0.25, 0.3) is 0 Å². The first-order valence-electron chi connectivity index (χ1n) is 6.68. The van der Waals surface area contributed by atoms with Crippen LogP contribution in [0.3, 0.4) is 0 Å². The van der Waals surface area contributed by atoms with Gasteiger partial charge in [0.05, 0.1) is 5.69 Å². The van der Waals surface area contributed by atoms with Gasteiger partial charge in [0.1, 0.15) is 0 Å². The second-order valence-corrected chi connectivity index (χ2v) is 5.71. The molecule has 100 valence electrons. The van der Waals surface area contributed by atoms with E-state index >= 15 is 0 Å². The zero-order valence-corrected chi connectivity index (χ0v) is 11.8. The van der Waals surface area contributed by atoms with Gasteiger partial charge in [0.25, 0.3) is 0 Å².